The molecule has 110 valence electrons. The quantitative estimate of drug-likeness (QED) is 0.917. The number of hydrogen-bond acceptors (Lipinski definition) is 5. The Labute approximate surface area is 131 Å². The van der Waals surface area contributed by atoms with Crippen LogP contribution in [0.3, 0.4) is 0 Å². The molecule has 4 rings (SSSR count). The molecule has 5 nitrogen and oxygen atoms in total. The van der Waals surface area contributed by atoms with E-state index in [1.807, 2.05) is 0 Å². The van der Waals surface area contributed by atoms with Crippen LogP contribution >= 0.6 is 23.2 Å². The average molecular weight is 325 g/mol. The summed E-state index contributed by atoms with van der Waals surface area (Å²) >= 11 is 12.0. The first-order valence-electron chi connectivity index (χ1n) is 7.04. The second-order valence-electron chi connectivity index (χ2n) is 5.88. The summed E-state index contributed by atoms with van der Waals surface area (Å²) in [4.78, 5) is 8.65. The second-order valence-corrected chi connectivity index (χ2v) is 6.72. The minimum absolute atomic E-state index is 0.116. The van der Waals surface area contributed by atoms with Crippen LogP contribution in [-0.2, 0) is 0 Å². The molecule has 2 heterocycles. The van der Waals surface area contributed by atoms with Gasteiger partial charge in [0.15, 0.2) is 0 Å². The highest BCUT2D eigenvalue weighted by molar-refractivity contribution is 6.35. The van der Waals surface area contributed by atoms with Crippen molar-refractivity contribution in [3.8, 4) is 11.5 Å². The topological polar surface area (TPSA) is 77.8 Å². The van der Waals surface area contributed by atoms with Gasteiger partial charge in [-0.05, 0) is 37.2 Å². The highest BCUT2D eigenvalue weighted by Gasteiger charge is 2.49. The van der Waals surface area contributed by atoms with Gasteiger partial charge in [-0.3, -0.25) is 0 Å². The van der Waals surface area contributed by atoms with E-state index in [1.54, 1.807) is 6.07 Å². The van der Waals surface area contributed by atoms with Crippen LogP contribution < -0.4 is 5.73 Å². The van der Waals surface area contributed by atoms with Crippen molar-refractivity contribution in [2.45, 2.75) is 31.2 Å². The molecule has 2 aliphatic rings. The Balaban J connectivity index is 1.67. The van der Waals surface area contributed by atoms with Crippen LogP contribution in [0.1, 0.15) is 31.1 Å². The zero-order valence-electron chi connectivity index (χ0n) is 11.2. The fourth-order valence-electron chi connectivity index (χ4n) is 3.75. The molecule has 0 spiro atoms. The van der Waals surface area contributed by atoms with Gasteiger partial charge in [-0.1, -0.05) is 28.4 Å². The minimum atomic E-state index is 0.116. The van der Waals surface area contributed by atoms with Crippen molar-refractivity contribution in [3.05, 3.63) is 28.2 Å². The summed E-state index contributed by atoms with van der Waals surface area (Å²) in [7, 11) is 0. The lowest BCUT2D eigenvalue weighted by Crippen LogP contribution is -2.34. The summed E-state index contributed by atoms with van der Waals surface area (Å²) in [6, 6.07) is 1.73. The predicted molar refractivity (Wildman–Crippen MR) is 79.1 cm³/mol. The van der Waals surface area contributed by atoms with Crippen molar-refractivity contribution in [2.24, 2.45) is 17.6 Å². The van der Waals surface area contributed by atoms with E-state index < -0.39 is 0 Å². The van der Waals surface area contributed by atoms with Gasteiger partial charge in [0.2, 0.25) is 11.7 Å². The SMILES string of the molecule is NC1C2CCC(C2)C1c1nc(-c2ncc(Cl)cc2Cl)no1. The van der Waals surface area contributed by atoms with Crippen molar-refractivity contribution >= 4 is 23.2 Å². The van der Waals surface area contributed by atoms with Crippen LogP contribution in [0, 0.1) is 11.8 Å². The molecule has 0 saturated heterocycles. The second kappa shape index (κ2) is 4.93. The van der Waals surface area contributed by atoms with E-state index in [0.717, 1.165) is 0 Å². The molecule has 0 amide bonds. The van der Waals surface area contributed by atoms with Crippen LogP contribution in [-0.4, -0.2) is 21.2 Å². The van der Waals surface area contributed by atoms with Crippen LogP contribution in [0.25, 0.3) is 11.5 Å². The molecule has 2 aliphatic carbocycles. The zero-order valence-corrected chi connectivity index (χ0v) is 12.7. The Bertz CT molecular complexity index is 687. The Kier molecular flexibility index (Phi) is 3.17. The Morgan fingerprint density at radius 3 is 2.76 bits per heavy atom. The molecule has 0 aromatic carbocycles. The highest BCUT2D eigenvalue weighted by atomic mass is 35.5. The van der Waals surface area contributed by atoms with Gasteiger partial charge in [0.25, 0.3) is 0 Å². The first-order valence-corrected chi connectivity index (χ1v) is 7.79. The fourth-order valence-corrected chi connectivity index (χ4v) is 4.21. The van der Waals surface area contributed by atoms with E-state index in [0.29, 0.717) is 39.3 Å². The predicted octanol–water partition coefficient (Wildman–Crippen LogP) is 3.28. The number of nitrogens with two attached hydrogens (primary N) is 1. The lowest BCUT2D eigenvalue weighted by molar-refractivity contribution is 0.279. The molecule has 2 N–H and O–H groups in total. The van der Waals surface area contributed by atoms with Crippen LogP contribution in [0.15, 0.2) is 16.8 Å². The Hall–Kier alpha value is -1.17. The van der Waals surface area contributed by atoms with E-state index in [1.165, 1.54) is 25.5 Å². The minimum Gasteiger partial charge on any atom is -0.339 e. The standard InChI is InChI=1S/C14H14Cl2N4O/c15-8-4-9(16)12(18-5-8)13-19-14(21-20-13)10-6-1-2-7(3-6)11(10)17/h4-7,10-11H,1-3,17H2. The molecule has 7 heteroatoms. The molecule has 2 aromatic heterocycles. The summed E-state index contributed by atoms with van der Waals surface area (Å²) < 4.78 is 5.44. The third-order valence-electron chi connectivity index (χ3n) is 4.73. The molecule has 2 bridgehead atoms. The van der Waals surface area contributed by atoms with Gasteiger partial charge in [0, 0.05) is 12.2 Å². The average Bonchev–Trinajstić information content (AvgIpc) is 3.13. The van der Waals surface area contributed by atoms with Gasteiger partial charge >= 0.3 is 0 Å². The first-order chi connectivity index (χ1) is 10.1. The summed E-state index contributed by atoms with van der Waals surface area (Å²) in [6.45, 7) is 0. The van der Waals surface area contributed by atoms with Crippen molar-refractivity contribution < 1.29 is 4.52 Å². The first kappa shape index (κ1) is 13.5. The van der Waals surface area contributed by atoms with Gasteiger partial charge in [-0.25, -0.2) is 4.98 Å². The van der Waals surface area contributed by atoms with Crippen molar-refractivity contribution in [1.82, 2.24) is 15.1 Å². The van der Waals surface area contributed by atoms with E-state index >= 15 is 0 Å². The molecular formula is C14H14Cl2N4O. The molecule has 21 heavy (non-hydrogen) atoms. The maximum atomic E-state index is 6.31. The molecule has 0 radical (unpaired) electrons. The lowest BCUT2D eigenvalue weighted by atomic mass is 9.85. The maximum Gasteiger partial charge on any atom is 0.231 e. The van der Waals surface area contributed by atoms with Crippen molar-refractivity contribution in [2.75, 3.05) is 0 Å². The number of nitrogens with zero attached hydrogens (tertiary/aromatic N) is 3. The summed E-state index contributed by atoms with van der Waals surface area (Å²) in [5.41, 5.74) is 6.79. The third kappa shape index (κ3) is 2.15. The fraction of sp³-hybridized carbons (Fsp3) is 0.500. The number of aromatic nitrogens is 3. The monoisotopic (exact) mass is 324 g/mol. The zero-order chi connectivity index (χ0) is 14.6. The van der Waals surface area contributed by atoms with E-state index in [2.05, 4.69) is 15.1 Å². The maximum absolute atomic E-state index is 6.31. The van der Waals surface area contributed by atoms with Gasteiger partial charge in [-0.2, -0.15) is 4.98 Å². The number of rotatable bonds is 2. The molecule has 2 aromatic rings. The normalized spacial score (nSPS) is 31.0. The summed E-state index contributed by atoms with van der Waals surface area (Å²) in [6.07, 6.45) is 5.10. The van der Waals surface area contributed by atoms with Crippen LogP contribution in [0.2, 0.25) is 10.0 Å². The number of halogens is 2. The largest absolute Gasteiger partial charge is 0.339 e. The van der Waals surface area contributed by atoms with Gasteiger partial charge in [0.05, 0.1) is 16.0 Å². The lowest BCUT2D eigenvalue weighted by Gasteiger charge is -2.24. The molecule has 2 saturated carbocycles. The molecule has 4 atom stereocenters. The van der Waals surface area contributed by atoms with Crippen LogP contribution in [0.4, 0.5) is 0 Å². The van der Waals surface area contributed by atoms with Gasteiger partial charge in [0.1, 0.15) is 5.69 Å². The molecule has 4 unspecified atom stereocenters. The van der Waals surface area contributed by atoms with Crippen molar-refractivity contribution in [1.29, 1.82) is 0 Å². The Morgan fingerprint density at radius 2 is 2.05 bits per heavy atom. The van der Waals surface area contributed by atoms with E-state index in [4.69, 9.17) is 33.5 Å². The smallest absolute Gasteiger partial charge is 0.231 e. The summed E-state index contributed by atoms with van der Waals surface area (Å²) in [5, 5.41) is 4.89. The highest BCUT2D eigenvalue weighted by Crippen LogP contribution is 2.51. The van der Waals surface area contributed by atoms with E-state index in [9.17, 15) is 0 Å². The van der Waals surface area contributed by atoms with E-state index in [-0.39, 0.29) is 12.0 Å². The Morgan fingerprint density at radius 1 is 1.24 bits per heavy atom. The number of pyridine rings is 1. The van der Waals surface area contributed by atoms with Gasteiger partial charge < -0.3 is 10.3 Å². The molecular weight excluding hydrogens is 311 g/mol. The van der Waals surface area contributed by atoms with Crippen LogP contribution in [0.5, 0.6) is 0 Å². The van der Waals surface area contributed by atoms with Gasteiger partial charge in [-0.15, -0.1) is 0 Å². The number of hydrogen-bond donors (Lipinski definition) is 1. The molecule has 0 aliphatic heterocycles. The third-order valence-corrected chi connectivity index (χ3v) is 5.22. The van der Waals surface area contributed by atoms with Crippen molar-refractivity contribution in [3.63, 3.8) is 0 Å². The number of fused-ring (bicyclic) bond motifs is 2. The summed E-state index contributed by atoms with van der Waals surface area (Å²) in [5.74, 6) is 2.31. The molecule has 2 fully saturated rings.